The lowest BCUT2D eigenvalue weighted by Crippen LogP contribution is -2.27. The van der Waals surface area contributed by atoms with E-state index in [1.165, 1.54) is 18.9 Å². The number of rotatable bonds is 9. The Balaban J connectivity index is 1.86. The lowest BCUT2D eigenvalue weighted by molar-refractivity contribution is 0.399. The normalized spacial score (nSPS) is 17.2. The highest BCUT2D eigenvalue weighted by Crippen LogP contribution is 2.20. The molecule has 0 amide bonds. The first-order chi connectivity index (χ1) is 9.51. The fourth-order valence-corrected chi connectivity index (χ4v) is 3.36. The number of hydrogen-bond acceptors (Lipinski definition) is 5. The van der Waals surface area contributed by atoms with Crippen LogP contribution >= 0.6 is 0 Å². The third-order valence-electron chi connectivity index (χ3n) is 2.99. The van der Waals surface area contributed by atoms with Crippen LogP contribution in [-0.4, -0.2) is 36.7 Å². The van der Waals surface area contributed by atoms with Crippen LogP contribution in [0.5, 0.6) is 0 Å². The number of hydrogen-bond donors (Lipinski definition) is 2. The first-order valence-corrected chi connectivity index (χ1v) is 9.65. The zero-order valence-corrected chi connectivity index (χ0v) is 13.1. The molecule has 2 rings (SSSR count). The quantitative estimate of drug-likeness (QED) is 0.695. The van der Waals surface area contributed by atoms with Crippen molar-refractivity contribution < 1.29 is 17.0 Å². The third kappa shape index (κ3) is 4.69. The van der Waals surface area contributed by atoms with Gasteiger partial charge >= 0.3 is 0 Å². The van der Waals surface area contributed by atoms with Gasteiger partial charge in [-0.25, -0.2) is 13.1 Å². The Bertz CT molecular complexity index is 564. The molecule has 0 aromatic carbocycles. The van der Waals surface area contributed by atoms with Crippen molar-refractivity contribution in [2.24, 2.45) is 0 Å². The summed E-state index contributed by atoms with van der Waals surface area (Å²) < 4.78 is 42.8. The summed E-state index contributed by atoms with van der Waals surface area (Å²) >= 11 is 0. The third-order valence-corrected chi connectivity index (χ3v) is 5.62. The molecule has 0 bridgehead atoms. The summed E-state index contributed by atoms with van der Waals surface area (Å²) in [6, 6.07) is 3.65. The second-order valence-corrected chi connectivity index (χ2v) is 8.27. The minimum Gasteiger partial charge on any atom is -0.447 e. The summed E-state index contributed by atoms with van der Waals surface area (Å²) in [5, 5.41) is 3.16. The van der Waals surface area contributed by atoms with Gasteiger partial charge in [0.05, 0.1) is 6.54 Å². The molecule has 2 N–H and O–H groups in total. The lowest BCUT2D eigenvalue weighted by Gasteiger charge is -2.03. The Labute approximate surface area is 121 Å². The molecule has 1 aliphatic carbocycles. The molecule has 1 unspecified atom stereocenters. The lowest BCUT2D eigenvalue weighted by atomic mass is 10.4. The van der Waals surface area contributed by atoms with Crippen LogP contribution in [0.1, 0.15) is 25.5 Å². The summed E-state index contributed by atoms with van der Waals surface area (Å²) in [6.45, 7) is 2.50. The SMILES string of the molecule is CCS(=O)CCNS(=O)(=O)c1ccc(CNC2CC2)o1. The molecule has 1 aromatic heterocycles. The average molecular weight is 320 g/mol. The van der Waals surface area contributed by atoms with Crippen molar-refractivity contribution in [2.45, 2.75) is 37.4 Å². The molecule has 0 radical (unpaired) electrons. The van der Waals surface area contributed by atoms with Gasteiger partial charge in [0.1, 0.15) is 5.76 Å². The van der Waals surface area contributed by atoms with Crippen LogP contribution in [0.15, 0.2) is 21.6 Å². The maximum absolute atomic E-state index is 11.9. The molecule has 8 heteroatoms. The van der Waals surface area contributed by atoms with Crippen molar-refractivity contribution in [3.05, 3.63) is 17.9 Å². The van der Waals surface area contributed by atoms with E-state index in [-0.39, 0.29) is 11.6 Å². The molecule has 0 spiro atoms. The van der Waals surface area contributed by atoms with Crippen LogP contribution in [0.2, 0.25) is 0 Å². The molecule has 0 aliphatic heterocycles. The highest BCUT2D eigenvalue weighted by molar-refractivity contribution is 7.89. The van der Waals surface area contributed by atoms with Crippen LogP contribution in [0.25, 0.3) is 0 Å². The Kier molecular flexibility index (Phi) is 5.36. The largest absolute Gasteiger partial charge is 0.447 e. The Morgan fingerprint density at radius 3 is 2.80 bits per heavy atom. The Hall–Kier alpha value is -0.700. The molecule has 6 nitrogen and oxygen atoms in total. The van der Waals surface area contributed by atoms with Gasteiger partial charge in [0, 0.05) is 34.9 Å². The summed E-state index contributed by atoms with van der Waals surface area (Å²) in [5.74, 6) is 1.45. The fourth-order valence-electron chi connectivity index (χ4n) is 1.64. The van der Waals surface area contributed by atoms with Gasteiger partial charge in [-0.15, -0.1) is 0 Å². The first kappa shape index (κ1) is 15.7. The molecule has 1 saturated carbocycles. The number of furan rings is 1. The Morgan fingerprint density at radius 1 is 1.40 bits per heavy atom. The van der Waals surface area contributed by atoms with Gasteiger partial charge in [-0.3, -0.25) is 4.21 Å². The molecular weight excluding hydrogens is 300 g/mol. The Morgan fingerprint density at radius 2 is 2.15 bits per heavy atom. The topological polar surface area (TPSA) is 88.4 Å². The molecule has 114 valence electrons. The first-order valence-electron chi connectivity index (χ1n) is 6.68. The van der Waals surface area contributed by atoms with Gasteiger partial charge in [0.2, 0.25) is 5.09 Å². The second-order valence-electron chi connectivity index (χ2n) is 4.71. The predicted molar refractivity (Wildman–Crippen MR) is 77.3 cm³/mol. The minimum atomic E-state index is -3.65. The summed E-state index contributed by atoms with van der Waals surface area (Å²) in [6.07, 6.45) is 2.34. The zero-order valence-electron chi connectivity index (χ0n) is 11.4. The molecule has 1 heterocycles. The van der Waals surface area contributed by atoms with Crippen LogP contribution in [0.4, 0.5) is 0 Å². The maximum atomic E-state index is 11.9. The van der Waals surface area contributed by atoms with E-state index in [9.17, 15) is 12.6 Å². The van der Waals surface area contributed by atoms with Gasteiger partial charge in [-0.05, 0) is 25.0 Å². The molecule has 1 aliphatic rings. The van der Waals surface area contributed by atoms with Crippen molar-refractivity contribution in [3.63, 3.8) is 0 Å². The van der Waals surface area contributed by atoms with Crippen LogP contribution < -0.4 is 10.0 Å². The van der Waals surface area contributed by atoms with Crippen LogP contribution in [0, 0.1) is 0 Å². The fraction of sp³-hybridized carbons (Fsp3) is 0.667. The standard InChI is InChI=1S/C12H20N2O4S2/c1-2-19(15)8-7-14-20(16,17)12-6-5-11(18-12)9-13-10-3-4-10/h5-6,10,13-14H,2-4,7-9H2,1H3. The predicted octanol–water partition coefficient (Wildman–Crippen LogP) is 0.578. The van der Waals surface area contributed by atoms with Crippen molar-refractivity contribution >= 4 is 20.8 Å². The monoisotopic (exact) mass is 320 g/mol. The second kappa shape index (κ2) is 6.84. The van der Waals surface area contributed by atoms with Crippen molar-refractivity contribution in [3.8, 4) is 0 Å². The minimum absolute atomic E-state index is 0.0904. The van der Waals surface area contributed by atoms with E-state index in [2.05, 4.69) is 10.0 Å². The average Bonchev–Trinajstić information content (AvgIpc) is 3.12. The highest BCUT2D eigenvalue weighted by atomic mass is 32.2. The van der Waals surface area contributed by atoms with E-state index in [0.29, 0.717) is 29.9 Å². The highest BCUT2D eigenvalue weighted by Gasteiger charge is 2.22. The molecule has 20 heavy (non-hydrogen) atoms. The molecule has 1 atom stereocenters. The molecular formula is C12H20N2O4S2. The number of nitrogens with one attached hydrogen (secondary N) is 2. The van der Waals surface area contributed by atoms with Gasteiger partial charge in [-0.1, -0.05) is 6.92 Å². The zero-order chi connectivity index (χ0) is 14.6. The number of sulfonamides is 1. The van der Waals surface area contributed by atoms with E-state index in [0.717, 1.165) is 0 Å². The van der Waals surface area contributed by atoms with Gasteiger partial charge < -0.3 is 9.73 Å². The maximum Gasteiger partial charge on any atom is 0.273 e. The smallest absolute Gasteiger partial charge is 0.273 e. The van der Waals surface area contributed by atoms with Gasteiger partial charge in [0.25, 0.3) is 10.0 Å². The van der Waals surface area contributed by atoms with Crippen molar-refractivity contribution in [1.29, 1.82) is 0 Å². The van der Waals surface area contributed by atoms with Crippen molar-refractivity contribution in [1.82, 2.24) is 10.0 Å². The van der Waals surface area contributed by atoms with Gasteiger partial charge in [-0.2, -0.15) is 0 Å². The summed E-state index contributed by atoms with van der Waals surface area (Å²) in [7, 11) is -4.63. The molecule has 1 aromatic rings. The molecule has 1 fully saturated rings. The van der Waals surface area contributed by atoms with E-state index >= 15 is 0 Å². The summed E-state index contributed by atoms with van der Waals surface area (Å²) in [5.41, 5.74) is 0. The van der Waals surface area contributed by atoms with E-state index < -0.39 is 20.8 Å². The van der Waals surface area contributed by atoms with E-state index in [4.69, 9.17) is 4.42 Å². The van der Waals surface area contributed by atoms with E-state index in [1.54, 1.807) is 13.0 Å². The van der Waals surface area contributed by atoms with Crippen LogP contribution in [-0.2, 0) is 27.4 Å². The van der Waals surface area contributed by atoms with Crippen LogP contribution in [0.3, 0.4) is 0 Å². The summed E-state index contributed by atoms with van der Waals surface area (Å²) in [4.78, 5) is 0. The molecule has 0 saturated heterocycles. The van der Waals surface area contributed by atoms with Gasteiger partial charge in [0.15, 0.2) is 0 Å². The van der Waals surface area contributed by atoms with Crippen molar-refractivity contribution in [2.75, 3.05) is 18.1 Å². The van der Waals surface area contributed by atoms with E-state index in [1.807, 2.05) is 0 Å².